The number of carbonyl (C=O) groups excluding carboxylic acids is 2. The summed E-state index contributed by atoms with van der Waals surface area (Å²) in [5.74, 6) is -1.05. The minimum atomic E-state index is -1.29. The van der Waals surface area contributed by atoms with Crippen LogP contribution in [0, 0.1) is 0 Å². The van der Waals surface area contributed by atoms with Crippen LogP contribution in [0.25, 0.3) is 0 Å². The molecule has 0 aromatic rings. The highest BCUT2D eigenvalue weighted by Crippen LogP contribution is 2.10. The van der Waals surface area contributed by atoms with E-state index >= 15 is 0 Å². The van der Waals surface area contributed by atoms with E-state index in [1.807, 2.05) is 4.90 Å². The highest BCUT2D eigenvalue weighted by molar-refractivity contribution is 5.86. The SMILES string of the molecule is CCC(C)(NC(=O)NCCC(=O)N1CCCCC1)C(=O)O. The van der Waals surface area contributed by atoms with Crippen molar-refractivity contribution in [2.45, 2.75) is 51.5 Å². The van der Waals surface area contributed by atoms with E-state index in [2.05, 4.69) is 10.6 Å². The van der Waals surface area contributed by atoms with Gasteiger partial charge in [-0.3, -0.25) is 4.79 Å². The zero-order valence-corrected chi connectivity index (χ0v) is 12.8. The van der Waals surface area contributed by atoms with Gasteiger partial charge in [-0.05, 0) is 32.6 Å². The molecule has 0 radical (unpaired) electrons. The molecule has 0 bridgehead atoms. The summed E-state index contributed by atoms with van der Waals surface area (Å²) >= 11 is 0. The topological polar surface area (TPSA) is 98.7 Å². The van der Waals surface area contributed by atoms with E-state index in [-0.39, 0.29) is 25.3 Å². The second-order valence-electron chi connectivity index (χ2n) is 5.56. The number of piperidine rings is 1. The van der Waals surface area contributed by atoms with Gasteiger partial charge in [0.15, 0.2) is 0 Å². The van der Waals surface area contributed by atoms with Gasteiger partial charge in [0.1, 0.15) is 5.54 Å². The summed E-state index contributed by atoms with van der Waals surface area (Å²) in [6.45, 7) is 4.93. The van der Waals surface area contributed by atoms with Crippen LogP contribution in [-0.4, -0.2) is 53.1 Å². The Hall–Kier alpha value is -1.79. The van der Waals surface area contributed by atoms with Crippen molar-refractivity contribution >= 4 is 17.9 Å². The number of nitrogens with one attached hydrogen (secondary N) is 2. The first-order valence-electron chi connectivity index (χ1n) is 7.46. The predicted molar refractivity (Wildman–Crippen MR) is 77.9 cm³/mol. The first-order chi connectivity index (χ1) is 9.89. The first kappa shape index (κ1) is 17.3. The van der Waals surface area contributed by atoms with Crippen LogP contribution in [0.2, 0.25) is 0 Å². The average molecular weight is 299 g/mol. The van der Waals surface area contributed by atoms with Gasteiger partial charge in [0.25, 0.3) is 0 Å². The van der Waals surface area contributed by atoms with Gasteiger partial charge in [0.05, 0.1) is 0 Å². The van der Waals surface area contributed by atoms with Crippen LogP contribution in [0.15, 0.2) is 0 Å². The van der Waals surface area contributed by atoms with Gasteiger partial charge in [0.2, 0.25) is 5.91 Å². The molecule has 3 amide bonds. The van der Waals surface area contributed by atoms with E-state index in [4.69, 9.17) is 5.11 Å². The molecule has 120 valence electrons. The van der Waals surface area contributed by atoms with Crippen molar-refractivity contribution in [1.29, 1.82) is 0 Å². The van der Waals surface area contributed by atoms with Crippen molar-refractivity contribution in [3.05, 3.63) is 0 Å². The number of likely N-dealkylation sites (tertiary alicyclic amines) is 1. The second-order valence-corrected chi connectivity index (χ2v) is 5.56. The molecular weight excluding hydrogens is 274 g/mol. The minimum absolute atomic E-state index is 0.0338. The molecule has 7 heteroatoms. The van der Waals surface area contributed by atoms with Gasteiger partial charge >= 0.3 is 12.0 Å². The van der Waals surface area contributed by atoms with E-state index in [9.17, 15) is 14.4 Å². The number of carboxylic acid groups (broad SMARTS) is 1. The summed E-state index contributed by atoms with van der Waals surface area (Å²) in [4.78, 5) is 36.4. The summed E-state index contributed by atoms with van der Waals surface area (Å²) in [6, 6.07) is -0.562. The minimum Gasteiger partial charge on any atom is -0.480 e. The maximum atomic E-state index is 11.9. The molecule has 1 rings (SSSR count). The number of aliphatic carboxylic acids is 1. The molecule has 1 atom stereocenters. The van der Waals surface area contributed by atoms with Crippen LogP contribution in [0.4, 0.5) is 4.79 Å². The van der Waals surface area contributed by atoms with Gasteiger partial charge in [0, 0.05) is 26.1 Å². The lowest BCUT2D eigenvalue weighted by molar-refractivity contribution is -0.143. The van der Waals surface area contributed by atoms with E-state index in [0.29, 0.717) is 0 Å². The van der Waals surface area contributed by atoms with Gasteiger partial charge in [-0.2, -0.15) is 0 Å². The average Bonchev–Trinajstić information content (AvgIpc) is 2.47. The third kappa shape index (κ3) is 5.24. The predicted octanol–water partition coefficient (Wildman–Crippen LogP) is 0.941. The lowest BCUT2D eigenvalue weighted by Crippen LogP contribution is -2.55. The highest BCUT2D eigenvalue weighted by atomic mass is 16.4. The molecular formula is C14H25N3O4. The number of rotatable bonds is 6. The van der Waals surface area contributed by atoms with Crippen LogP contribution in [0.1, 0.15) is 46.0 Å². The molecule has 1 heterocycles. The highest BCUT2D eigenvalue weighted by Gasteiger charge is 2.32. The fourth-order valence-electron chi connectivity index (χ4n) is 2.17. The van der Waals surface area contributed by atoms with Crippen molar-refractivity contribution in [3.63, 3.8) is 0 Å². The number of urea groups is 1. The number of carbonyl (C=O) groups is 3. The molecule has 1 unspecified atom stereocenters. The third-order valence-electron chi connectivity index (χ3n) is 3.90. The van der Waals surface area contributed by atoms with Crippen molar-refractivity contribution < 1.29 is 19.5 Å². The molecule has 7 nitrogen and oxygen atoms in total. The fraction of sp³-hybridized carbons (Fsp3) is 0.786. The van der Waals surface area contributed by atoms with E-state index in [1.165, 1.54) is 6.92 Å². The zero-order chi connectivity index (χ0) is 15.9. The van der Waals surface area contributed by atoms with Crippen LogP contribution >= 0.6 is 0 Å². The number of hydrogen-bond donors (Lipinski definition) is 3. The number of hydrogen-bond acceptors (Lipinski definition) is 3. The lowest BCUT2D eigenvalue weighted by Gasteiger charge is -2.27. The number of carboxylic acids is 1. The molecule has 1 aliphatic rings. The van der Waals surface area contributed by atoms with E-state index < -0.39 is 17.5 Å². The summed E-state index contributed by atoms with van der Waals surface area (Å²) in [6.07, 6.45) is 3.75. The lowest BCUT2D eigenvalue weighted by atomic mass is 10.00. The fourth-order valence-corrected chi connectivity index (χ4v) is 2.17. The number of nitrogens with zero attached hydrogens (tertiary/aromatic N) is 1. The molecule has 0 aliphatic carbocycles. The molecule has 3 N–H and O–H groups in total. The quantitative estimate of drug-likeness (QED) is 0.679. The monoisotopic (exact) mass is 299 g/mol. The molecule has 0 spiro atoms. The summed E-state index contributed by atoms with van der Waals surface area (Å²) < 4.78 is 0. The molecule has 1 fully saturated rings. The van der Waals surface area contributed by atoms with Crippen molar-refractivity contribution in [1.82, 2.24) is 15.5 Å². The summed E-state index contributed by atoms with van der Waals surface area (Å²) in [5, 5.41) is 14.0. The maximum Gasteiger partial charge on any atom is 0.329 e. The van der Waals surface area contributed by atoms with E-state index in [0.717, 1.165) is 32.4 Å². The van der Waals surface area contributed by atoms with E-state index in [1.54, 1.807) is 6.92 Å². The smallest absolute Gasteiger partial charge is 0.329 e. The standard InChI is InChI=1S/C14H25N3O4/c1-3-14(2,12(19)20)16-13(21)15-8-7-11(18)17-9-5-4-6-10-17/h3-10H2,1-2H3,(H,19,20)(H2,15,16,21). The molecule has 21 heavy (non-hydrogen) atoms. The Labute approximate surface area is 125 Å². The Morgan fingerprint density at radius 2 is 1.81 bits per heavy atom. The molecule has 1 aliphatic heterocycles. The van der Waals surface area contributed by atoms with Crippen LogP contribution in [0.5, 0.6) is 0 Å². The van der Waals surface area contributed by atoms with Gasteiger partial charge in [-0.15, -0.1) is 0 Å². The third-order valence-corrected chi connectivity index (χ3v) is 3.90. The van der Waals surface area contributed by atoms with Gasteiger partial charge < -0.3 is 20.6 Å². The van der Waals surface area contributed by atoms with Crippen molar-refractivity contribution in [2.24, 2.45) is 0 Å². The van der Waals surface area contributed by atoms with Crippen LogP contribution in [0.3, 0.4) is 0 Å². The van der Waals surface area contributed by atoms with Crippen molar-refractivity contribution in [3.8, 4) is 0 Å². The summed E-state index contributed by atoms with van der Waals surface area (Å²) in [7, 11) is 0. The largest absolute Gasteiger partial charge is 0.480 e. The van der Waals surface area contributed by atoms with Crippen LogP contribution in [-0.2, 0) is 9.59 Å². The van der Waals surface area contributed by atoms with Crippen LogP contribution < -0.4 is 10.6 Å². The molecule has 0 aromatic carbocycles. The van der Waals surface area contributed by atoms with Gasteiger partial charge in [-0.1, -0.05) is 6.92 Å². The maximum absolute atomic E-state index is 11.9. The molecule has 0 saturated carbocycles. The Morgan fingerprint density at radius 3 is 2.33 bits per heavy atom. The number of amides is 3. The normalized spacial score (nSPS) is 17.7. The zero-order valence-electron chi connectivity index (χ0n) is 12.8. The first-order valence-corrected chi connectivity index (χ1v) is 7.46. The Morgan fingerprint density at radius 1 is 1.19 bits per heavy atom. The molecule has 1 saturated heterocycles. The summed E-state index contributed by atoms with van der Waals surface area (Å²) in [5.41, 5.74) is -1.29. The van der Waals surface area contributed by atoms with Gasteiger partial charge in [-0.25, -0.2) is 9.59 Å². The Kier molecular flexibility index (Phi) is 6.45. The molecule has 0 aromatic heterocycles. The van der Waals surface area contributed by atoms with Crippen molar-refractivity contribution in [2.75, 3.05) is 19.6 Å². The second kappa shape index (κ2) is 7.85. The Balaban J connectivity index is 2.29. The Bertz CT molecular complexity index is 394.